The van der Waals surface area contributed by atoms with Gasteiger partial charge in [0.05, 0.1) is 10.6 Å². The average Bonchev–Trinajstić information content (AvgIpc) is 3.13. The first-order valence-corrected chi connectivity index (χ1v) is 13.2. The van der Waals surface area contributed by atoms with Gasteiger partial charge >= 0.3 is 0 Å². The lowest BCUT2D eigenvalue weighted by Gasteiger charge is -2.21. The molecule has 1 aromatic heterocycles. The largest absolute Gasteiger partial charge is 0.437 e. The molecule has 13 heteroatoms. The zero-order valence-corrected chi connectivity index (χ0v) is 22.8. The molecule has 0 bridgehead atoms. The van der Waals surface area contributed by atoms with Crippen LogP contribution in [0.1, 0.15) is 50.2 Å². The van der Waals surface area contributed by atoms with Gasteiger partial charge in [-0.1, -0.05) is 13.0 Å². The minimum absolute atomic E-state index is 0.0272. The molecule has 3 aromatic rings. The second-order valence-corrected chi connectivity index (χ2v) is 11.4. The fraction of sp³-hybridized carbons (Fsp3) is 0.360. The number of halogens is 1. The second kappa shape index (κ2) is 10.9. The molecule has 0 fully saturated rings. The van der Waals surface area contributed by atoms with Crippen molar-refractivity contribution in [1.82, 2.24) is 19.4 Å². The molecule has 1 N–H and O–H groups in total. The zero-order valence-electron chi connectivity index (χ0n) is 22.0. The number of aromatic nitrogens is 2. The number of nitrogens with zero attached hydrogens (tertiary/aromatic N) is 4. The highest BCUT2D eigenvalue weighted by Gasteiger charge is 2.30. The number of rotatable bonds is 9. The molecular weight excluding hydrogens is 517 g/mol. The van der Waals surface area contributed by atoms with Crippen LogP contribution in [0.4, 0.5) is 10.1 Å². The molecule has 1 heterocycles. The highest BCUT2D eigenvalue weighted by molar-refractivity contribution is 7.89. The number of nitro benzene ring substituents is 1. The van der Waals surface area contributed by atoms with Crippen molar-refractivity contribution >= 4 is 21.6 Å². The summed E-state index contributed by atoms with van der Waals surface area (Å²) < 4.78 is 50.3. The molecule has 2 aromatic carbocycles. The van der Waals surface area contributed by atoms with Crippen LogP contribution in [0.25, 0.3) is 5.69 Å². The standard InChI is InChI=1S/C25H30FN5O6S/c1-7-13-29(6)23(32)22-16(2)24(30(27-22)18-10-8-9-17(26)14-18)37-20-12-11-19(31(33)34)15-21(20)38(35,36)28-25(3,4)5/h8-12,14-15,28H,7,13H2,1-6H3. The summed E-state index contributed by atoms with van der Waals surface area (Å²) in [5, 5.41) is 15.8. The SMILES string of the molecule is CCCN(C)C(=O)c1nn(-c2cccc(F)c2)c(Oc2ccc([N+](=O)[O-])cc2S(=O)(=O)NC(C)(C)C)c1C. The molecule has 0 saturated carbocycles. The molecule has 3 rings (SSSR count). The van der Waals surface area contributed by atoms with Crippen LogP contribution in [0.15, 0.2) is 47.4 Å². The highest BCUT2D eigenvalue weighted by Crippen LogP contribution is 2.36. The molecular formula is C25H30FN5O6S. The van der Waals surface area contributed by atoms with E-state index in [1.54, 1.807) is 40.8 Å². The van der Waals surface area contributed by atoms with E-state index in [-0.39, 0.29) is 28.6 Å². The Morgan fingerprint density at radius 1 is 1.24 bits per heavy atom. The van der Waals surface area contributed by atoms with Gasteiger partial charge in [-0.15, -0.1) is 0 Å². The average molecular weight is 548 g/mol. The smallest absolute Gasteiger partial charge is 0.274 e. The Morgan fingerprint density at radius 2 is 1.92 bits per heavy atom. The summed E-state index contributed by atoms with van der Waals surface area (Å²) in [5.41, 5.74) is -0.839. The molecule has 0 spiro atoms. The number of hydrogen-bond donors (Lipinski definition) is 1. The fourth-order valence-corrected chi connectivity index (χ4v) is 5.24. The van der Waals surface area contributed by atoms with Gasteiger partial charge < -0.3 is 9.64 Å². The van der Waals surface area contributed by atoms with Crippen LogP contribution in [0.5, 0.6) is 11.6 Å². The lowest BCUT2D eigenvalue weighted by atomic mass is 10.1. The van der Waals surface area contributed by atoms with E-state index in [0.717, 1.165) is 18.2 Å². The van der Waals surface area contributed by atoms with Crippen LogP contribution in [-0.2, 0) is 10.0 Å². The first kappa shape index (κ1) is 28.7. The summed E-state index contributed by atoms with van der Waals surface area (Å²) in [6, 6.07) is 8.56. The maximum atomic E-state index is 14.1. The number of amides is 1. The van der Waals surface area contributed by atoms with Crippen LogP contribution < -0.4 is 9.46 Å². The molecule has 0 aliphatic carbocycles. The monoisotopic (exact) mass is 547 g/mol. The van der Waals surface area contributed by atoms with Gasteiger partial charge in [-0.3, -0.25) is 14.9 Å². The number of sulfonamides is 1. The number of benzene rings is 2. The number of ether oxygens (including phenoxy) is 1. The first-order chi connectivity index (χ1) is 17.6. The Bertz CT molecular complexity index is 1480. The van der Waals surface area contributed by atoms with Crippen molar-refractivity contribution in [3.05, 3.63) is 69.7 Å². The maximum absolute atomic E-state index is 14.1. The molecule has 204 valence electrons. The van der Waals surface area contributed by atoms with Crippen molar-refractivity contribution < 1.29 is 27.3 Å². The first-order valence-electron chi connectivity index (χ1n) is 11.8. The van der Waals surface area contributed by atoms with Crippen LogP contribution in [-0.4, -0.2) is 53.1 Å². The Kier molecular flexibility index (Phi) is 8.22. The minimum atomic E-state index is -4.30. The van der Waals surface area contributed by atoms with E-state index in [9.17, 15) is 27.7 Å². The Balaban J connectivity index is 2.24. The Labute approximate surface area is 220 Å². The minimum Gasteiger partial charge on any atom is -0.437 e. The van der Waals surface area contributed by atoms with Crippen molar-refractivity contribution in [2.45, 2.75) is 51.5 Å². The Hall–Kier alpha value is -3.84. The van der Waals surface area contributed by atoms with E-state index < -0.39 is 42.8 Å². The number of nitrogens with one attached hydrogen (secondary N) is 1. The third kappa shape index (κ3) is 6.34. The highest BCUT2D eigenvalue weighted by atomic mass is 32.2. The lowest BCUT2D eigenvalue weighted by Crippen LogP contribution is -2.40. The van der Waals surface area contributed by atoms with E-state index in [4.69, 9.17) is 4.74 Å². The van der Waals surface area contributed by atoms with Crippen molar-refractivity contribution in [2.24, 2.45) is 0 Å². The van der Waals surface area contributed by atoms with E-state index in [1.165, 1.54) is 27.8 Å². The van der Waals surface area contributed by atoms with Crippen LogP contribution in [0, 0.1) is 22.9 Å². The second-order valence-electron chi connectivity index (χ2n) is 9.74. The normalized spacial score (nSPS) is 11.9. The molecule has 0 aliphatic rings. The number of nitro groups is 1. The molecule has 38 heavy (non-hydrogen) atoms. The third-order valence-electron chi connectivity index (χ3n) is 5.30. The molecule has 0 aliphatic heterocycles. The van der Waals surface area contributed by atoms with Gasteiger partial charge in [-0.25, -0.2) is 17.5 Å². The third-order valence-corrected chi connectivity index (χ3v) is 7.08. The lowest BCUT2D eigenvalue weighted by molar-refractivity contribution is -0.385. The summed E-state index contributed by atoms with van der Waals surface area (Å²) in [6.45, 7) is 8.81. The van der Waals surface area contributed by atoms with Gasteiger partial charge in [0.25, 0.3) is 11.6 Å². The topological polar surface area (TPSA) is 137 Å². The van der Waals surface area contributed by atoms with Gasteiger partial charge in [0.2, 0.25) is 15.9 Å². The van der Waals surface area contributed by atoms with Crippen LogP contribution in [0.3, 0.4) is 0 Å². The van der Waals surface area contributed by atoms with Crippen LogP contribution >= 0.6 is 0 Å². The molecule has 0 unspecified atom stereocenters. The number of carbonyl (C=O) groups excluding carboxylic acids is 1. The van der Waals surface area contributed by atoms with Crippen LogP contribution in [0.2, 0.25) is 0 Å². The summed E-state index contributed by atoms with van der Waals surface area (Å²) in [6.07, 6.45) is 0.708. The van der Waals surface area contributed by atoms with Crippen molar-refractivity contribution in [2.75, 3.05) is 13.6 Å². The molecule has 11 nitrogen and oxygen atoms in total. The number of non-ortho nitro benzene ring substituents is 1. The summed E-state index contributed by atoms with van der Waals surface area (Å²) in [7, 11) is -2.68. The zero-order chi connectivity index (χ0) is 28.4. The summed E-state index contributed by atoms with van der Waals surface area (Å²) in [5.74, 6) is -1.26. The molecule has 0 atom stereocenters. The molecule has 1 amide bonds. The van der Waals surface area contributed by atoms with Crippen molar-refractivity contribution in [1.29, 1.82) is 0 Å². The van der Waals surface area contributed by atoms with E-state index in [1.807, 2.05) is 6.92 Å². The van der Waals surface area contributed by atoms with E-state index in [0.29, 0.717) is 13.0 Å². The van der Waals surface area contributed by atoms with Crippen molar-refractivity contribution in [3.63, 3.8) is 0 Å². The van der Waals surface area contributed by atoms with Gasteiger partial charge in [0, 0.05) is 36.8 Å². The van der Waals surface area contributed by atoms with E-state index in [2.05, 4.69) is 9.82 Å². The van der Waals surface area contributed by atoms with Gasteiger partial charge in [-0.05, 0) is 58.4 Å². The molecule has 0 radical (unpaired) electrons. The van der Waals surface area contributed by atoms with Gasteiger partial charge in [0.15, 0.2) is 5.69 Å². The van der Waals surface area contributed by atoms with E-state index >= 15 is 0 Å². The number of hydrogen-bond acceptors (Lipinski definition) is 7. The van der Waals surface area contributed by atoms with Gasteiger partial charge in [0.1, 0.15) is 16.5 Å². The number of carbonyl (C=O) groups is 1. The quantitative estimate of drug-likeness (QED) is 0.306. The summed E-state index contributed by atoms with van der Waals surface area (Å²) in [4.78, 5) is 24.8. The van der Waals surface area contributed by atoms with Gasteiger partial charge in [-0.2, -0.15) is 9.78 Å². The summed E-state index contributed by atoms with van der Waals surface area (Å²) >= 11 is 0. The maximum Gasteiger partial charge on any atom is 0.274 e. The van der Waals surface area contributed by atoms with Crippen molar-refractivity contribution in [3.8, 4) is 17.3 Å². The fourth-order valence-electron chi connectivity index (χ4n) is 3.67. The predicted molar refractivity (Wildman–Crippen MR) is 139 cm³/mol. The predicted octanol–water partition coefficient (Wildman–Crippen LogP) is 4.58. The molecule has 0 saturated heterocycles. The Morgan fingerprint density at radius 3 is 2.50 bits per heavy atom.